The summed E-state index contributed by atoms with van der Waals surface area (Å²) >= 11 is 0. The summed E-state index contributed by atoms with van der Waals surface area (Å²) < 4.78 is 13.4. The van der Waals surface area contributed by atoms with Crippen LogP contribution in [0.3, 0.4) is 0 Å². The van der Waals surface area contributed by atoms with Crippen molar-refractivity contribution in [3.05, 3.63) is 65.5 Å². The number of carbonyl (C=O) groups excluding carboxylic acids is 4. The molecule has 1 aliphatic heterocycles. The van der Waals surface area contributed by atoms with Gasteiger partial charge in [0, 0.05) is 25.3 Å². The molecule has 0 bridgehead atoms. The molecular formula is C24H27FN4O4. The van der Waals surface area contributed by atoms with Crippen LogP contribution < -0.4 is 10.6 Å². The SMILES string of the molecule is CCCCC1(c2ccc(F)cc2)NC(=O)N(CC(=O)Nc2ccc(C(=O)N(C)C)cc2)C1=O. The van der Waals surface area contributed by atoms with Crippen LogP contribution in [0.2, 0.25) is 0 Å². The van der Waals surface area contributed by atoms with E-state index in [2.05, 4.69) is 10.6 Å². The van der Waals surface area contributed by atoms with Crippen molar-refractivity contribution in [1.29, 1.82) is 0 Å². The molecule has 0 radical (unpaired) electrons. The van der Waals surface area contributed by atoms with E-state index in [1.54, 1.807) is 38.4 Å². The number of unbranched alkanes of at least 4 members (excludes halogenated alkanes) is 1. The highest BCUT2D eigenvalue weighted by molar-refractivity contribution is 6.10. The zero-order chi connectivity index (χ0) is 24.2. The third-order valence-corrected chi connectivity index (χ3v) is 5.54. The van der Waals surface area contributed by atoms with Gasteiger partial charge < -0.3 is 15.5 Å². The van der Waals surface area contributed by atoms with Gasteiger partial charge in [0.1, 0.15) is 17.9 Å². The molecule has 1 atom stereocenters. The van der Waals surface area contributed by atoms with E-state index >= 15 is 0 Å². The van der Waals surface area contributed by atoms with Gasteiger partial charge in [-0.3, -0.25) is 19.3 Å². The van der Waals surface area contributed by atoms with Crippen molar-refractivity contribution in [3.8, 4) is 0 Å². The van der Waals surface area contributed by atoms with Gasteiger partial charge in [-0.15, -0.1) is 0 Å². The summed E-state index contributed by atoms with van der Waals surface area (Å²) in [4.78, 5) is 52.9. The molecule has 0 aliphatic carbocycles. The standard InChI is InChI=1S/C24H27FN4O4/c1-4-5-14-24(17-8-10-18(25)11-9-17)22(32)29(23(33)27-24)15-20(30)26-19-12-6-16(7-13-19)21(31)28(2)3/h6-13H,4-5,14-15H2,1-3H3,(H,26,30)(H,27,33). The highest BCUT2D eigenvalue weighted by Gasteiger charge is 2.52. The average Bonchev–Trinajstić information content (AvgIpc) is 3.03. The van der Waals surface area contributed by atoms with Crippen LogP contribution in [0.4, 0.5) is 14.9 Å². The lowest BCUT2D eigenvalue weighted by atomic mass is 9.85. The molecule has 1 fully saturated rings. The molecular weight excluding hydrogens is 427 g/mol. The van der Waals surface area contributed by atoms with Crippen molar-refractivity contribution in [2.75, 3.05) is 26.0 Å². The van der Waals surface area contributed by atoms with Gasteiger partial charge in [0.15, 0.2) is 0 Å². The second-order valence-electron chi connectivity index (χ2n) is 8.16. The number of rotatable bonds is 8. The Kier molecular flexibility index (Phi) is 7.10. The molecule has 1 unspecified atom stereocenters. The lowest BCUT2D eigenvalue weighted by molar-refractivity contribution is -0.134. The van der Waals surface area contributed by atoms with Gasteiger partial charge in [0.2, 0.25) is 5.91 Å². The maximum Gasteiger partial charge on any atom is 0.325 e. The Bertz CT molecular complexity index is 1050. The fourth-order valence-electron chi connectivity index (χ4n) is 3.75. The van der Waals surface area contributed by atoms with Gasteiger partial charge in [-0.1, -0.05) is 31.9 Å². The molecule has 1 aliphatic rings. The number of hydrogen-bond donors (Lipinski definition) is 2. The molecule has 33 heavy (non-hydrogen) atoms. The van der Waals surface area contributed by atoms with Crippen LogP contribution in [0.25, 0.3) is 0 Å². The first-order chi connectivity index (χ1) is 15.7. The monoisotopic (exact) mass is 454 g/mol. The molecule has 0 spiro atoms. The van der Waals surface area contributed by atoms with Crippen LogP contribution in [-0.2, 0) is 15.1 Å². The maximum absolute atomic E-state index is 13.4. The lowest BCUT2D eigenvalue weighted by Gasteiger charge is -2.27. The lowest BCUT2D eigenvalue weighted by Crippen LogP contribution is -2.44. The normalized spacial score (nSPS) is 17.6. The first kappa shape index (κ1) is 23.9. The average molecular weight is 455 g/mol. The minimum Gasteiger partial charge on any atom is -0.345 e. The number of nitrogens with zero attached hydrogens (tertiary/aromatic N) is 2. The Morgan fingerprint density at radius 3 is 2.27 bits per heavy atom. The fraction of sp³-hybridized carbons (Fsp3) is 0.333. The summed E-state index contributed by atoms with van der Waals surface area (Å²) in [6.07, 6.45) is 1.78. The number of anilines is 1. The van der Waals surface area contributed by atoms with Crippen molar-refractivity contribution in [3.63, 3.8) is 0 Å². The Hall–Kier alpha value is -3.75. The predicted octanol–water partition coefficient (Wildman–Crippen LogP) is 3.10. The van der Waals surface area contributed by atoms with Crippen LogP contribution in [0.15, 0.2) is 48.5 Å². The molecule has 174 valence electrons. The zero-order valence-corrected chi connectivity index (χ0v) is 18.9. The number of imide groups is 1. The summed E-state index contributed by atoms with van der Waals surface area (Å²) in [6, 6.07) is 11.1. The van der Waals surface area contributed by atoms with Crippen LogP contribution in [0.1, 0.15) is 42.1 Å². The molecule has 5 amide bonds. The predicted molar refractivity (Wildman–Crippen MR) is 121 cm³/mol. The van der Waals surface area contributed by atoms with Crippen LogP contribution >= 0.6 is 0 Å². The quantitative estimate of drug-likeness (QED) is 0.599. The Morgan fingerprint density at radius 2 is 1.70 bits per heavy atom. The van der Waals surface area contributed by atoms with E-state index in [1.807, 2.05) is 6.92 Å². The molecule has 8 nitrogen and oxygen atoms in total. The van der Waals surface area contributed by atoms with E-state index in [0.717, 1.165) is 11.3 Å². The number of benzene rings is 2. The highest BCUT2D eigenvalue weighted by Crippen LogP contribution is 2.34. The second-order valence-corrected chi connectivity index (χ2v) is 8.16. The second kappa shape index (κ2) is 9.81. The van der Waals surface area contributed by atoms with Gasteiger partial charge >= 0.3 is 6.03 Å². The first-order valence-electron chi connectivity index (χ1n) is 10.7. The minimum absolute atomic E-state index is 0.170. The van der Waals surface area contributed by atoms with Gasteiger partial charge in [-0.25, -0.2) is 9.18 Å². The summed E-state index contributed by atoms with van der Waals surface area (Å²) in [5.74, 6) is -1.72. The number of amides is 5. The molecule has 2 aromatic carbocycles. The molecule has 0 aromatic heterocycles. The van der Waals surface area contributed by atoms with E-state index < -0.39 is 35.7 Å². The smallest absolute Gasteiger partial charge is 0.325 e. The molecule has 0 saturated carbocycles. The summed E-state index contributed by atoms with van der Waals surface area (Å²) in [6.45, 7) is 1.49. The number of hydrogen-bond acceptors (Lipinski definition) is 4. The molecule has 3 rings (SSSR count). The van der Waals surface area contributed by atoms with E-state index in [0.29, 0.717) is 29.7 Å². The molecule has 9 heteroatoms. The third-order valence-electron chi connectivity index (χ3n) is 5.54. The number of nitrogens with one attached hydrogen (secondary N) is 2. The van der Waals surface area contributed by atoms with E-state index in [1.165, 1.54) is 29.2 Å². The van der Waals surface area contributed by atoms with Crippen LogP contribution in [-0.4, -0.2) is 54.2 Å². The van der Waals surface area contributed by atoms with Crippen molar-refractivity contribution in [2.24, 2.45) is 0 Å². The van der Waals surface area contributed by atoms with Gasteiger partial charge in [-0.05, 0) is 48.4 Å². The maximum atomic E-state index is 13.4. The summed E-state index contributed by atoms with van der Waals surface area (Å²) in [5, 5.41) is 5.37. The Balaban J connectivity index is 1.74. The highest BCUT2D eigenvalue weighted by atomic mass is 19.1. The number of carbonyl (C=O) groups is 4. The van der Waals surface area contributed by atoms with Crippen molar-refractivity contribution in [2.45, 2.75) is 31.7 Å². The van der Waals surface area contributed by atoms with Crippen LogP contribution in [0, 0.1) is 5.82 Å². The van der Waals surface area contributed by atoms with Crippen molar-refractivity contribution < 1.29 is 23.6 Å². The van der Waals surface area contributed by atoms with E-state index in [-0.39, 0.29) is 5.91 Å². The first-order valence-corrected chi connectivity index (χ1v) is 10.7. The van der Waals surface area contributed by atoms with E-state index in [4.69, 9.17) is 0 Å². The molecule has 1 saturated heterocycles. The van der Waals surface area contributed by atoms with Crippen molar-refractivity contribution in [1.82, 2.24) is 15.1 Å². The molecule has 2 aromatic rings. The number of halogens is 1. The van der Waals surface area contributed by atoms with Gasteiger partial charge in [0.25, 0.3) is 11.8 Å². The minimum atomic E-state index is -1.34. The summed E-state index contributed by atoms with van der Waals surface area (Å²) in [7, 11) is 3.28. The third kappa shape index (κ3) is 5.02. The van der Waals surface area contributed by atoms with E-state index in [9.17, 15) is 23.6 Å². The Labute approximate surface area is 191 Å². The largest absolute Gasteiger partial charge is 0.345 e. The van der Waals surface area contributed by atoms with Crippen molar-refractivity contribution >= 4 is 29.4 Å². The topological polar surface area (TPSA) is 98.8 Å². The fourth-order valence-corrected chi connectivity index (χ4v) is 3.75. The number of urea groups is 1. The Morgan fingerprint density at radius 1 is 1.06 bits per heavy atom. The zero-order valence-electron chi connectivity index (χ0n) is 18.9. The van der Waals surface area contributed by atoms with Gasteiger partial charge in [-0.2, -0.15) is 0 Å². The van der Waals surface area contributed by atoms with Gasteiger partial charge in [0.05, 0.1) is 0 Å². The molecule has 1 heterocycles. The summed E-state index contributed by atoms with van der Waals surface area (Å²) in [5.41, 5.74) is 0.0277. The molecule has 2 N–H and O–H groups in total. The van der Waals surface area contributed by atoms with Crippen LogP contribution in [0.5, 0.6) is 0 Å².